The van der Waals surface area contributed by atoms with E-state index in [0.717, 1.165) is 39.1 Å². The summed E-state index contributed by atoms with van der Waals surface area (Å²) in [6.07, 6.45) is 2.36. The van der Waals surface area contributed by atoms with Gasteiger partial charge in [0.2, 0.25) is 5.91 Å². The highest BCUT2D eigenvalue weighted by Gasteiger charge is 2.18. The Bertz CT molecular complexity index is 405. The van der Waals surface area contributed by atoms with Gasteiger partial charge in [-0.1, -0.05) is 37.6 Å². The fraction of sp³-hybridized carbons (Fsp3) is 0.562. The van der Waals surface area contributed by atoms with Crippen LogP contribution >= 0.6 is 0 Å². The van der Waals surface area contributed by atoms with Crippen LogP contribution < -0.4 is 0 Å². The largest absolute Gasteiger partial charge is 0.340 e. The van der Waals surface area contributed by atoms with E-state index in [4.69, 9.17) is 0 Å². The van der Waals surface area contributed by atoms with Crippen LogP contribution in [0.2, 0.25) is 0 Å². The zero-order chi connectivity index (χ0) is 13.7. The molecule has 1 amide bonds. The molecule has 1 heterocycles. The molecule has 1 aromatic carbocycles. The molecule has 0 atom stereocenters. The average Bonchev–Trinajstić information content (AvgIpc) is 2.42. The summed E-state index contributed by atoms with van der Waals surface area (Å²) in [7, 11) is 0. The first-order valence-electron chi connectivity index (χ1n) is 7.24. The minimum Gasteiger partial charge on any atom is -0.340 e. The standard InChI is InChI=1S/C16H24N2O/c1-3-4-15-5-7-16(8-6-15)13-17-9-11-18(12-10-17)14(2)19/h5-8H,3-4,9-13H2,1-2H3. The zero-order valence-electron chi connectivity index (χ0n) is 12.1. The van der Waals surface area contributed by atoms with Crippen molar-refractivity contribution in [2.75, 3.05) is 26.2 Å². The molecule has 1 aliphatic rings. The lowest BCUT2D eigenvalue weighted by molar-refractivity contribution is -0.130. The molecule has 0 radical (unpaired) electrons. The summed E-state index contributed by atoms with van der Waals surface area (Å²) in [6, 6.07) is 8.96. The summed E-state index contributed by atoms with van der Waals surface area (Å²) in [5, 5.41) is 0. The summed E-state index contributed by atoms with van der Waals surface area (Å²) in [5.41, 5.74) is 2.80. The van der Waals surface area contributed by atoms with Gasteiger partial charge in [-0.15, -0.1) is 0 Å². The first-order valence-corrected chi connectivity index (χ1v) is 7.24. The van der Waals surface area contributed by atoms with E-state index in [9.17, 15) is 4.79 Å². The van der Waals surface area contributed by atoms with Crippen molar-refractivity contribution in [3.63, 3.8) is 0 Å². The Morgan fingerprint density at radius 3 is 2.16 bits per heavy atom. The number of hydrogen-bond donors (Lipinski definition) is 0. The van der Waals surface area contributed by atoms with Crippen molar-refractivity contribution in [2.24, 2.45) is 0 Å². The van der Waals surface area contributed by atoms with Gasteiger partial charge in [0.25, 0.3) is 0 Å². The molecule has 1 fully saturated rings. The first-order chi connectivity index (χ1) is 9.19. The highest BCUT2D eigenvalue weighted by Crippen LogP contribution is 2.11. The minimum absolute atomic E-state index is 0.198. The van der Waals surface area contributed by atoms with Crippen LogP contribution in [0, 0.1) is 0 Å². The predicted molar refractivity (Wildman–Crippen MR) is 78.0 cm³/mol. The monoisotopic (exact) mass is 260 g/mol. The Balaban J connectivity index is 1.83. The third-order valence-electron chi connectivity index (χ3n) is 3.79. The fourth-order valence-electron chi connectivity index (χ4n) is 2.58. The first kappa shape index (κ1) is 14.1. The van der Waals surface area contributed by atoms with Gasteiger partial charge in [-0.25, -0.2) is 0 Å². The van der Waals surface area contributed by atoms with Gasteiger partial charge in [0, 0.05) is 39.6 Å². The molecule has 2 rings (SSSR count). The number of rotatable bonds is 4. The van der Waals surface area contributed by atoms with E-state index in [2.05, 4.69) is 36.1 Å². The van der Waals surface area contributed by atoms with E-state index in [0.29, 0.717) is 0 Å². The Kier molecular flexibility index (Phi) is 4.97. The zero-order valence-corrected chi connectivity index (χ0v) is 12.1. The number of carbonyl (C=O) groups excluding carboxylic acids is 1. The maximum Gasteiger partial charge on any atom is 0.219 e. The van der Waals surface area contributed by atoms with Gasteiger partial charge in [0.15, 0.2) is 0 Å². The minimum atomic E-state index is 0.198. The Morgan fingerprint density at radius 2 is 1.63 bits per heavy atom. The molecule has 19 heavy (non-hydrogen) atoms. The van der Waals surface area contributed by atoms with E-state index in [-0.39, 0.29) is 5.91 Å². The van der Waals surface area contributed by atoms with Gasteiger partial charge >= 0.3 is 0 Å². The lowest BCUT2D eigenvalue weighted by atomic mass is 10.1. The van der Waals surface area contributed by atoms with Crippen LogP contribution in [0.5, 0.6) is 0 Å². The predicted octanol–water partition coefficient (Wildman–Crippen LogP) is 2.30. The van der Waals surface area contributed by atoms with Crippen LogP contribution in [0.4, 0.5) is 0 Å². The van der Waals surface area contributed by atoms with Crippen molar-refractivity contribution in [1.82, 2.24) is 9.80 Å². The maximum atomic E-state index is 11.3. The van der Waals surface area contributed by atoms with Gasteiger partial charge in [0.05, 0.1) is 0 Å². The number of piperazine rings is 1. The topological polar surface area (TPSA) is 23.6 Å². The molecule has 0 spiro atoms. The van der Waals surface area contributed by atoms with Crippen LogP contribution in [-0.4, -0.2) is 41.9 Å². The van der Waals surface area contributed by atoms with E-state index >= 15 is 0 Å². The van der Waals surface area contributed by atoms with Crippen molar-refractivity contribution in [3.05, 3.63) is 35.4 Å². The molecule has 1 aliphatic heterocycles. The highest BCUT2D eigenvalue weighted by molar-refractivity contribution is 5.73. The molecule has 0 aliphatic carbocycles. The third-order valence-corrected chi connectivity index (χ3v) is 3.79. The van der Waals surface area contributed by atoms with Gasteiger partial charge in [-0.3, -0.25) is 9.69 Å². The van der Waals surface area contributed by atoms with Crippen LogP contribution in [0.3, 0.4) is 0 Å². The smallest absolute Gasteiger partial charge is 0.219 e. The molecule has 1 saturated heterocycles. The second-order valence-corrected chi connectivity index (χ2v) is 5.35. The maximum absolute atomic E-state index is 11.3. The number of benzene rings is 1. The van der Waals surface area contributed by atoms with Crippen molar-refractivity contribution in [3.8, 4) is 0 Å². The van der Waals surface area contributed by atoms with E-state index in [1.807, 2.05) is 4.90 Å². The molecule has 0 aromatic heterocycles. The summed E-state index contributed by atoms with van der Waals surface area (Å²) in [6.45, 7) is 8.56. The molecule has 3 nitrogen and oxygen atoms in total. The normalized spacial score (nSPS) is 16.6. The average molecular weight is 260 g/mol. The van der Waals surface area contributed by atoms with Crippen LogP contribution in [0.1, 0.15) is 31.4 Å². The second kappa shape index (κ2) is 6.71. The lowest BCUT2D eigenvalue weighted by Gasteiger charge is -2.34. The number of nitrogens with zero attached hydrogens (tertiary/aromatic N) is 2. The van der Waals surface area contributed by atoms with Crippen molar-refractivity contribution < 1.29 is 4.79 Å². The summed E-state index contributed by atoms with van der Waals surface area (Å²) < 4.78 is 0. The Morgan fingerprint density at radius 1 is 1.05 bits per heavy atom. The Hall–Kier alpha value is -1.35. The quantitative estimate of drug-likeness (QED) is 0.829. The van der Waals surface area contributed by atoms with Gasteiger partial charge in [-0.2, -0.15) is 0 Å². The summed E-state index contributed by atoms with van der Waals surface area (Å²) in [5.74, 6) is 0.198. The molecule has 104 valence electrons. The van der Waals surface area contributed by atoms with Crippen LogP contribution in [0.25, 0.3) is 0 Å². The van der Waals surface area contributed by atoms with E-state index in [1.165, 1.54) is 17.5 Å². The van der Waals surface area contributed by atoms with Gasteiger partial charge < -0.3 is 4.90 Å². The fourth-order valence-corrected chi connectivity index (χ4v) is 2.58. The SMILES string of the molecule is CCCc1ccc(CN2CCN(C(C)=O)CC2)cc1. The molecular formula is C16H24N2O. The molecule has 0 saturated carbocycles. The van der Waals surface area contributed by atoms with Crippen molar-refractivity contribution >= 4 is 5.91 Å². The molecule has 3 heteroatoms. The van der Waals surface area contributed by atoms with Gasteiger partial charge in [-0.05, 0) is 17.5 Å². The number of hydrogen-bond acceptors (Lipinski definition) is 2. The summed E-state index contributed by atoms with van der Waals surface area (Å²) in [4.78, 5) is 15.6. The van der Waals surface area contributed by atoms with Crippen molar-refractivity contribution in [1.29, 1.82) is 0 Å². The third kappa shape index (κ3) is 4.06. The van der Waals surface area contributed by atoms with E-state index < -0.39 is 0 Å². The molecular weight excluding hydrogens is 236 g/mol. The molecule has 0 unspecified atom stereocenters. The van der Waals surface area contributed by atoms with Gasteiger partial charge in [0.1, 0.15) is 0 Å². The molecule has 0 N–H and O–H groups in total. The number of amides is 1. The molecule has 1 aromatic rings. The number of carbonyl (C=O) groups is 1. The lowest BCUT2D eigenvalue weighted by Crippen LogP contribution is -2.47. The highest BCUT2D eigenvalue weighted by atomic mass is 16.2. The number of aryl methyl sites for hydroxylation is 1. The van der Waals surface area contributed by atoms with Crippen LogP contribution in [0.15, 0.2) is 24.3 Å². The summed E-state index contributed by atoms with van der Waals surface area (Å²) >= 11 is 0. The second-order valence-electron chi connectivity index (χ2n) is 5.35. The van der Waals surface area contributed by atoms with E-state index in [1.54, 1.807) is 6.92 Å². The molecule has 0 bridgehead atoms. The Labute approximate surface area is 116 Å². The van der Waals surface area contributed by atoms with Crippen LogP contribution in [-0.2, 0) is 17.8 Å². The van der Waals surface area contributed by atoms with Crippen molar-refractivity contribution in [2.45, 2.75) is 33.2 Å².